The van der Waals surface area contributed by atoms with E-state index in [1.165, 1.54) is 0 Å². The third-order valence-corrected chi connectivity index (χ3v) is 4.31. The molecule has 14 heavy (non-hydrogen) atoms. The van der Waals surface area contributed by atoms with Gasteiger partial charge in [-0.05, 0) is 0 Å². The SMILES string of the molecule is Cc1cc2c(cc1Cl)OP(Cl)(Cl)(Cl)O2. The molecule has 0 radical (unpaired) electrons. The van der Waals surface area contributed by atoms with Crippen LogP contribution in [0, 0.1) is 6.92 Å². The Hall–Kier alpha value is 0.410. The Labute approximate surface area is 100 Å². The predicted octanol–water partition coefficient (Wildman–Crippen LogP) is 5.26. The van der Waals surface area contributed by atoms with Crippen molar-refractivity contribution in [2.24, 2.45) is 0 Å². The molecule has 0 fully saturated rings. The quantitative estimate of drug-likeness (QED) is 0.607. The first kappa shape index (κ1) is 10.9. The topological polar surface area (TPSA) is 18.5 Å². The molecule has 7 heteroatoms. The number of hydrogen-bond acceptors (Lipinski definition) is 2. The van der Waals surface area contributed by atoms with Crippen LogP contribution in [0.5, 0.6) is 11.5 Å². The molecule has 1 heterocycles. The molecule has 78 valence electrons. The second-order valence-corrected chi connectivity index (χ2v) is 12.1. The molecule has 0 bridgehead atoms. The third-order valence-electron chi connectivity index (χ3n) is 1.70. The Balaban J connectivity index is 2.52. The summed E-state index contributed by atoms with van der Waals surface area (Å²) < 4.78 is 10.3. The van der Waals surface area contributed by atoms with Crippen molar-refractivity contribution < 1.29 is 9.05 Å². The van der Waals surface area contributed by atoms with E-state index in [0.717, 1.165) is 5.56 Å². The van der Waals surface area contributed by atoms with Gasteiger partial charge in [-0.25, -0.2) is 0 Å². The summed E-state index contributed by atoms with van der Waals surface area (Å²) in [5.74, 6) is 0.794. The van der Waals surface area contributed by atoms with Gasteiger partial charge < -0.3 is 0 Å². The van der Waals surface area contributed by atoms with Gasteiger partial charge in [-0.1, -0.05) is 0 Å². The van der Waals surface area contributed by atoms with Crippen LogP contribution >= 0.6 is 50.4 Å². The Morgan fingerprint density at radius 2 is 1.57 bits per heavy atom. The van der Waals surface area contributed by atoms with E-state index in [0.29, 0.717) is 16.5 Å². The Morgan fingerprint density at radius 1 is 1.07 bits per heavy atom. The van der Waals surface area contributed by atoms with Gasteiger partial charge in [0.05, 0.1) is 0 Å². The molecule has 1 aliphatic rings. The first-order valence-corrected chi connectivity index (χ1v) is 8.79. The van der Waals surface area contributed by atoms with Crippen molar-refractivity contribution in [1.29, 1.82) is 0 Å². The van der Waals surface area contributed by atoms with Crippen LogP contribution in [0.1, 0.15) is 5.56 Å². The van der Waals surface area contributed by atoms with Crippen LogP contribution < -0.4 is 9.05 Å². The summed E-state index contributed by atoms with van der Waals surface area (Å²) in [6, 6.07) is 3.26. The Morgan fingerprint density at radius 3 is 2.14 bits per heavy atom. The van der Waals surface area contributed by atoms with Crippen molar-refractivity contribution >= 4 is 50.4 Å². The van der Waals surface area contributed by atoms with E-state index in [2.05, 4.69) is 0 Å². The molecule has 0 unspecified atom stereocenters. The van der Waals surface area contributed by atoms with Crippen LogP contribution in [-0.4, -0.2) is 0 Å². The van der Waals surface area contributed by atoms with Gasteiger partial charge in [-0.2, -0.15) is 0 Å². The summed E-state index contributed by atoms with van der Waals surface area (Å²) in [4.78, 5) is 0. The molecule has 0 saturated heterocycles. The van der Waals surface area contributed by atoms with Crippen LogP contribution in [-0.2, 0) is 0 Å². The van der Waals surface area contributed by atoms with Gasteiger partial charge >= 0.3 is 101 Å². The fourth-order valence-electron chi connectivity index (χ4n) is 1.10. The van der Waals surface area contributed by atoms with Gasteiger partial charge in [0, 0.05) is 0 Å². The van der Waals surface area contributed by atoms with Crippen LogP contribution in [0.2, 0.25) is 5.02 Å². The van der Waals surface area contributed by atoms with Gasteiger partial charge in [-0.15, -0.1) is 0 Å². The van der Waals surface area contributed by atoms with E-state index < -0.39 is 5.12 Å². The van der Waals surface area contributed by atoms with Crippen molar-refractivity contribution in [3.05, 3.63) is 22.7 Å². The van der Waals surface area contributed by atoms with Crippen molar-refractivity contribution in [2.45, 2.75) is 6.92 Å². The molecule has 0 aliphatic carbocycles. The molecule has 0 N–H and O–H groups in total. The second kappa shape index (κ2) is 2.96. The van der Waals surface area contributed by atoms with Crippen LogP contribution in [0.15, 0.2) is 12.1 Å². The molecular formula is C7H5Cl4O2P. The number of rotatable bonds is 0. The van der Waals surface area contributed by atoms with Crippen LogP contribution in [0.4, 0.5) is 0 Å². The molecule has 0 aromatic heterocycles. The summed E-state index contributed by atoms with van der Waals surface area (Å²) in [6.45, 7) is 1.83. The number of fused-ring (bicyclic) bond motifs is 1. The van der Waals surface area contributed by atoms with Gasteiger partial charge in [0.2, 0.25) is 0 Å². The zero-order valence-electron chi connectivity index (χ0n) is 6.93. The van der Waals surface area contributed by atoms with Gasteiger partial charge in [0.25, 0.3) is 0 Å². The van der Waals surface area contributed by atoms with Crippen LogP contribution in [0.3, 0.4) is 0 Å². The Kier molecular flexibility index (Phi) is 2.31. The van der Waals surface area contributed by atoms with Crippen molar-refractivity contribution in [3.8, 4) is 11.5 Å². The maximum atomic E-state index is 5.88. The van der Waals surface area contributed by atoms with E-state index in [9.17, 15) is 0 Å². The van der Waals surface area contributed by atoms with E-state index in [1.54, 1.807) is 12.1 Å². The molecule has 0 amide bonds. The standard InChI is InChI=1S/C7H5Cl4O2P/c1-4-2-6-7(3-5(4)8)13-14(9,10,11)12-6/h2-3H,1H3. The fourth-order valence-corrected chi connectivity index (χ4v) is 3.52. The van der Waals surface area contributed by atoms with Gasteiger partial charge in [-0.3, -0.25) is 0 Å². The fraction of sp³-hybridized carbons (Fsp3) is 0.143. The molecular weight excluding hydrogens is 289 g/mol. The van der Waals surface area contributed by atoms with Gasteiger partial charge in [0.15, 0.2) is 0 Å². The molecule has 0 saturated carbocycles. The zero-order chi connectivity index (χ0) is 10.6. The molecule has 1 aliphatic heterocycles. The van der Waals surface area contributed by atoms with E-state index in [-0.39, 0.29) is 0 Å². The minimum atomic E-state index is -4.00. The van der Waals surface area contributed by atoms with Crippen molar-refractivity contribution in [1.82, 2.24) is 0 Å². The second-order valence-electron chi connectivity index (χ2n) is 2.91. The van der Waals surface area contributed by atoms with E-state index >= 15 is 0 Å². The van der Waals surface area contributed by atoms with E-state index in [1.807, 2.05) is 6.92 Å². The zero-order valence-corrected chi connectivity index (χ0v) is 10.8. The monoisotopic (exact) mass is 292 g/mol. The number of aryl methyl sites for hydroxylation is 1. The number of benzene rings is 1. The summed E-state index contributed by atoms with van der Waals surface area (Å²) in [5.41, 5.74) is 0.841. The molecule has 2 nitrogen and oxygen atoms in total. The average molecular weight is 294 g/mol. The van der Waals surface area contributed by atoms with Crippen LogP contribution in [0.25, 0.3) is 0 Å². The Bertz CT molecular complexity index is 377. The van der Waals surface area contributed by atoms with Gasteiger partial charge in [0.1, 0.15) is 0 Å². The molecule has 1 aromatic rings. The predicted molar refractivity (Wildman–Crippen MR) is 61.9 cm³/mol. The molecule has 0 atom stereocenters. The average Bonchev–Trinajstić information content (AvgIpc) is 2.19. The maximum absolute atomic E-state index is 5.88. The molecule has 1 aromatic carbocycles. The normalized spacial score (nSPS) is 23.9. The molecule has 0 spiro atoms. The first-order valence-electron chi connectivity index (χ1n) is 3.62. The number of hydrogen-bond donors (Lipinski definition) is 0. The van der Waals surface area contributed by atoms with Crippen molar-refractivity contribution in [2.75, 3.05) is 0 Å². The summed E-state index contributed by atoms with van der Waals surface area (Å²) >= 11 is 23.2. The van der Waals surface area contributed by atoms with E-state index in [4.69, 9.17) is 54.4 Å². The summed E-state index contributed by atoms with van der Waals surface area (Å²) in [5, 5.41) is -3.45. The number of halogens is 4. The summed E-state index contributed by atoms with van der Waals surface area (Å²) in [7, 11) is 0. The first-order chi connectivity index (χ1) is 6.24. The molecule has 2 rings (SSSR count). The minimum absolute atomic E-state index is 0.373. The third kappa shape index (κ3) is 2.00. The summed E-state index contributed by atoms with van der Waals surface area (Å²) in [6.07, 6.45) is 0. The van der Waals surface area contributed by atoms with Crippen molar-refractivity contribution in [3.63, 3.8) is 0 Å².